The summed E-state index contributed by atoms with van der Waals surface area (Å²) < 4.78 is 3.40. The molecule has 1 N–H and O–H groups in total. The fourth-order valence-electron chi connectivity index (χ4n) is 3.79. The molecule has 3 aromatic rings. The molecule has 10 heteroatoms. The number of likely N-dealkylation sites (N-methyl/N-ethyl adjacent to an activating group) is 1. The van der Waals surface area contributed by atoms with E-state index in [1.165, 1.54) is 6.33 Å². The number of hydrogen-bond acceptors (Lipinski definition) is 5. The summed E-state index contributed by atoms with van der Waals surface area (Å²) in [7, 11) is 1.72. The highest BCUT2D eigenvalue weighted by Gasteiger charge is 2.34. The van der Waals surface area contributed by atoms with Crippen LogP contribution in [-0.2, 0) is 17.9 Å². The second-order valence-corrected chi connectivity index (χ2v) is 8.40. The lowest BCUT2D eigenvalue weighted by atomic mass is 10.2. The number of aromatic nitrogens is 5. The molecule has 1 saturated carbocycles. The van der Waals surface area contributed by atoms with Crippen LogP contribution in [0, 0.1) is 0 Å². The number of anilines is 1. The molecule has 0 unspecified atom stereocenters. The molecular weight excluding hydrogens is 418 g/mol. The summed E-state index contributed by atoms with van der Waals surface area (Å²) in [6.07, 6.45) is 4.24. The largest absolute Gasteiger partial charge is 0.337 e. The maximum atomic E-state index is 13.0. The van der Waals surface area contributed by atoms with E-state index >= 15 is 0 Å². The summed E-state index contributed by atoms with van der Waals surface area (Å²) >= 11 is 6.19. The molecule has 1 aliphatic carbocycles. The van der Waals surface area contributed by atoms with Crippen LogP contribution in [-0.4, -0.2) is 49.4 Å². The number of rotatable bonds is 5. The lowest BCUT2D eigenvalue weighted by molar-refractivity contribution is -0.120. The van der Waals surface area contributed by atoms with E-state index in [0.29, 0.717) is 30.5 Å². The molecule has 2 aliphatic rings. The van der Waals surface area contributed by atoms with Gasteiger partial charge in [-0.3, -0.25) is 14.5 Å². The van der Waals surface area contributed by atoms with Crippen LogP contribution in [0.3, 0.4) is 0 Å². The highest BCUT2D eigenvalue weighted by molar-refractivity contribution is 6.31. The number of hydrogen-bond donors (Lipinski definition) is 1. The van der Waals surface area contributed by atoms with Crippen molar-refractivity contribution in [3.63, 3.8) is 0 Å². The molecule has 2 amide bonds. The summed E-state index contributed by atoms with van der Waals surface area (Å²) in [5, 5.41) is 12.3. The van der Waals surface area contributed by atoms with Gasteiger partial charge in [-0.05, 0) is 30.9 Å². The van der Waals surface area contributed by atoms with Crippen LogP contribution in [0.1, 0.15) is 47.1 Å². The van der Waals surface area contributed by atoms with Gasteiger partial charge in [0.25, 0.3) is 11.8 Å². The Labute approximate surface area is 184 Å². The zero-order valence-electron chi connectivity index (χ0n) is 17.0. The van der Waals surface area contributed by atoms with Crippen molar-refractivity contribution >= 4 is 29.2 Å². The van der Waals surface area contributed by atoms with Crippen LogP contribution in [0.4, 0.5) is 5.82 Å². The van der Waals surface area contributed by atoms with E-state index in [1.807, 2.05) is 28.9 Å². The monoisotopic (exact) mass is 439 g/mol. The summed E-state index contributed by atoms with van der Waals surface area (Å²) in [6.45, 7) is 0.951. The molecule has 1 aliphatic heterocycles. The smallest absolute Gasteiger partial charge is 0.291 e. The molecule has 1 atom stereocenters. The number of fused-ring (bicyclic) bond motifs is 1. The normalized spacial score (nSPS) is 18.6. The number of halogens is 1. The van der Waals surface area contributed by atoms with Crippen molar-refractivity contribution in [2.24, 2.45) is 0 Å². The third-order valence-electron chi connectivity index (χ3n) is 5.71. The number of nitrogens with one attached hydrogen (secondary N) is 1. The highest BCUT2D eigenvalue weighted by atomic mass is 35.5. The van der Waals surface area contributed by atoms with Crippen LogP contribution < -0.4 is 10.2 Å². The Balaban J connectivity index is 1.26. The van der Waals surface area contributed by atoms with Gasteiger partial charge >= 0.3 is 0 Å². The second-order valence-electron chi connectivity index (χ2n) is 7.99. The van der Waals surface area contributed by atoms with Crippen molar-refractivity contribution in [2.45, 2.75) is 44.3 Å². The van der Waals surface area contributed by atoms with Crippen LogP contribution in [0.2, 0.25) is 5.02 Å². The molecule has 0 radical (unpaired) electrons. The van der Waals surface area contributed by atoms with Gasteiger partial charge in [-0.15, -0.1) is 5.10 Å². The van der Waals surface area contributed by atoms with E-state index in [-0.39, 0.29) is 11.7 Å². The van der Waals surface area contributed by atoms with Gasteiger partial charge in [-0.2, -0.15) is 5.10 Å². The van der Waals surface area contributed by atoms with Crippen molar-refractivity contribution in [2.75, 3.05) is 11.9 Å². The summed E-state index contributed by atoms with van der Waals surface area (Å²) in [5.41, 5.74) is 1.92. The number of benzene rings is 1. The summed E-state index contributed by atoms with van der Waals surface area (Å²) in [4.78, 5) is 31.3. The number of nitrogens with zero attached hydrogens (tertiary/aromatic N) is 6. The molecule has 31 heavy (non-hydrogen) atoms. The topological polar surface area (TPSA) is 97.9 Å². The molecule has 0 saturated heterocycles. The Kier molecular flexibility index (Phi) is 4.97. The predicted octanol–water partition coefficient (Wildman–Crippen LogP) is 2.22. The SMILES string of the molecule is CN1C(=O)[C@@H](NC(=O)c2ncn(Cc3ccccc3Cl)n2)CCn2nc(C3CC3)cc21. The van der Waals surface area contributed by atoms with Gasteiger partial charge in [-0.1, -0.05) is 29.8 Å². The third kappa shape index (κ3) is 3.93. The average Bonchev–Trinajstić information content (AvgIpc) is 3.38. The second kappa shape index (κ2) is 7.81. The van der Waals surface area contributed by atoms with Crippen molar-refractivity contribution in [1.82, 2.24) is 29.9 Å². The van der Waals surface area contributed by atoms with E-state index in [2.05, 4.69) is 20.5 Å². The Morgan fingerprint density at radius 2 is 2.03 bits per heavy atom. The minimum Gasteiger partial charge on any atom is -0.337 e. The predicted molar refractivity (Wildman–Crippen MR) is 114 cm³/mol. The molecular formula is C21H22ClN7O2. The van der Waals surface area contributed by atoms with E-state index in [9.17, 15) is 9.59 Å². The Morgan fingerprint density at radius 1 is 1.23 bits per heavy atom. The zero-order chi connectivity index (χ0) is 21.5. The lowest BCUT2D eigenvalue weighted by Crippen LogP contribution is -2.47. The molecule has 3 heterocycles. The molecule has 1 fully saturated rings. The molecule has 9 nitrogen and oxygen atoms in total. The van der Waals surface area contributed by atoms with Gasteiger partial charge in [0.15, 0.2) is 0 Å². The molecule has 2 aromatic heterocycles. The van der Waals surface area contributed by atoms with Gasteiger partial charge in [0, 0.05) is 30.6 Å². The molecule has 1 aromatic carbocycles. The number of amides is 2. The molecule has 5 rings (SSSR count). The standard InChI is InChI=1S/C21H22ClN7O2/c1-27-18-10-17(13-6-7-13)25-29(18)9-8-16(21(27)31)24-20(30)19-23-12-28(26-19)11-14-4-2-3-5-15(14)22/h2-5,10,12-13,16H,6-9,11H2,1H3,(H,24,30)/t16-/m0/s1. The summed E-state index contributed by atoms with van der Waals surface area (Å²) in [6, 6.07) is 8.75. The summed E-state index contributed by atoms with van der Waals surface area (Å²) in [5.74, 6) is 0.643. The van der Waals surface area contributed by atoms with Gasteiger partial charge in [0.2, 0.25) is 5.82 Å². The van der Waals surface area contributed by atoms with E-state index in [0.717, 1.165) is 29.9 Å². The van der Waals surface area contributed by atoms with E-state index in [4.69, 9.17) is 11.6 Å². The van der Waals surface area contributed by atoms with Gasteiger partial charge in [-0.25, -0.2) is 14.3 Å². The number of aryl methyl sites for hydroxylation is 1. The average molecular weight is 440 g/mol. The van der Waals surface area contributed by atoms with E-state index < -0.39 is 11.9 Å². The van der Waals surface area contributed by atoms with Crippen molar-refractivity contribution in [1.29, 1.82) is 0 Å². The van der Waals surface area contributed by atoms with E-state index in [1.54, 1.807) is 22.7 Å². The first-order valence-electron chi connectivity index (χ1n) is 10.3. The zero-order valence-corrected chi connectivity index (χ0v) is 17.8. The van der Waals surface area contributed by atoms with Crippen LogP contribution in [0.25, 0.3) is 0 Å². The van der Waals surface area contributed by atoms with Crippen molar-refractivity contribution in [3.8, 4) is 0 Å². The van der Waals surface area contributed by atoms with Gasteiger partial charge in [0.05, 0.1) is 12.2 Å². The number of carbonyl (C=O) groups excluding carboxylic acids is 2. The Bertz CT molecular complexity index is 1150. The highest BCUT2D eigenvalue weighted by Crippen LogP contribution is 2.40. The van der Waals surface area contributed by atoms with Crippen molar-refractivity contribution < 1.29 is 9.59 Å². The quantitative estimate of drug-likeness (QED) is 0.657. The van der Waals surface area contributed by atoms with Gasteiger partial charge in [0.1, 0.15) is 18.2 Å². The minimum atomic E-state index is -0.668. The maximum Gasteiger partial charge on any atom is 0.291 e. The maximum absolute atomic E-state index is 13.0. The lowest BCUT2D eigenvalue weighted by Gasteiger charge is -2.19. The molecule has 0 spiro atoms. The van der Waals surface area contributed by atoms with Crippen molar-refractivity contribution in [3.05, 3.63) is 58.8 Å². The molecule has 160 valence electrons. The minimum absolute atomic E-state index is 0.0144. The first-order valence-corrected chi connectivity index (χ1v) is 10.7. The number of carbonyl (C=O) groups is 2. The first-order chi connectivity index (χ1) is 15.0. The Hall–Kier alpha value is -3.20. The van der Waals surface area contributed by atoms with Crippen LogP contribution in [0.5, 0.6) is 0 Å². The first kappa shape index (κ1) is 19.7. The fraction of sp³-hybridized carbons (Fsp3) is 0.381. The van der Waals surface area contributed by atoms with Crippen LogP contribution in [0.15, 0.2) is 36.7 Å². The Morgan fingerprint density at radius 3 is 2.81 bits per heavy atom. The fourth-order valence-corrected chi connectivity index (χ4v) is 3.99. The van der Waals surface area contributed by atoms with Crippen LogP contribution >= 0.6 is 11.6 Å². The molecule has 0 bridgehead atoms. The third-order valence-corrected chi connectivity index (χ3v) is 6.08. The van der Waals surface area contributed by atoms with Gasteiger partial charge < -0.3 is 5.32 Å².